The normalized spacial score (nSPS) is 25.1. The van der Waals surface area contributed by atoms with Crippen LogP contribution in [0.25, 0.3) is 0 Å². The van der Waals surface area contributed by atoms with Gasteiger partial charge in [-0.25, -0.2) is 0 Å². The van der Waals surface area contributed by atoms with E-state index < -0.39 is 17.4 Å². The molecule has 1 saturated carbocycles. The molecular weight excluding hydrogens is 268 g/mol. The molecule has 1 fully saturated rings. The zero-order valence-corrected chi connectivity index (χ0v) is 12.2. The van der Waals surface area contributed by atoms with Crippen molar-refractivity contribution in [1.82, 2.24) is 0 Å². The highest BCUT2D eigenvalue weighted by atomic mass is 16.5. The van der Waals surface area contributed by atoms with Crippen molar-refractivity contribution in [2.45, 2.75) is 18.8 Å². The lowest BCUT2D eigenvalue weighted by molar-refractivity contribution is -0.169. The van der Waals surface area contributed by atoms with Crippen molar-refractivity contribution in [2.24, 2.45) is 11.3 Å². The van der Waals surface area contributed by atoms with E-state index in [0.29, 0.717) is 6.42 Å². The SMILES string of the molecule is C=C1[C@@H]2Cc3ccccc3[C@H]1C(C(=O)OC)(C(=O)OC)C2. The van der Waals surface area contributed by atoms with E-state index in [1.807, 2.05) is 24.3 Å². The Morgan fingerprint density at radius 1 is 1.19 bits per heavy atom. The third-order valence-corrected chi connectivity index (χ3v) is 4.89. The molecule has 2 bridgehead atoms. The molecule has 0 aromatic heterocycles. The highest BCUT2D eigenvalue weighted by Crippen LogP contribution is 2.60. The van der Waals surface area contributed by atoms with Crippen LogP contribution in [0, 0.1) is 11.3 Å². The molecule has 1 aromatic carbocycles. The van der Waals surface area contributed by atoms with Gasteiger partial charge in [-0.3, -0.25) is 9.59 Å². The minimum absolute atomic E-state index is 0.114. The van der Waals surface area contributed by atoms with Gasteiger partial charge in [0.1, 0.15) is 0 Å². The van der Waals surface area contributed by atoms with Crippen LogP contribution in [0.2, 0.25) is 0 Å². The van der Waals surface area contributed by atoms with E-state index in [0.717, 1.165) is 17.6 Å². The summed E-state index contributed by atoms with van der Waals surface area (Å²) in [7, 11) is 2.62. The van der Waals surface area contributed by atoms with Crippen LogP contribution < -0.4 is 0 Å². The topological polar surface area (TPSA) is 52.6 Å². The van der Waals surface area contributed by atoms with Gasteiger partial charge in [0.15, 0.2) is 5.41 Å². The zero-order chi connectivity index (χ0) is 15.2. The summed E-state index contributed by atoms with van der Waals surface area (Å²) in [6.45, 7) is 4.15. The lowest BCUT2D eigenvalue weighted by Gasteiger charge is -2.32. The molecule has 4 heteroatoms. The highest BCUT2D eigenvalue weighted by Gasteiger charge is 2.63. The van der Waals surface area contributed by atoms with Crippen molar-refractivity contribution < 1.29 is 19.1 Å². The standard InChI is InChI=1S/C17H18O4/c1-10-12-8-11-6-4-5-7-13(11)14(10)17(9-12,15(18)20-2)16(19)21-3/h4-7,12,14H,1,8-9H2,2-3H3/t12-,14+/m1/s1. The van der Waals surface area contributed by atoms with E-state index in [2.05, 4.69) is 6.58 Å². The lowest BCUT2D eigenvalue weighted by atomic mass is 9.71. The van der Waals surface area contributed by atoms with Gasteiger partial charge in [0, 0.05) is 5.92 Å². The van der Waals surface area contributed by atoms with E-state index in [9.17, 15) is 9.59 Å². The second kappa shape index (κ2) is 4.72. The van der Waals surface area contributed by atoms with Crippen LogP contribution in [0.4, 0.5) is 0 Å². The Morgan fingerprint density at radius 3 is 2.43 bits per heavy atom. The van der Waals surface area contributed by atoms with Crippen LogP contribution in [0.3, 0.4) is 0 Å². The predicted molar refractivity (Wildman–Crippen MR) is 76.6 cm³/mol. The van der Waals surface area contributed by atoms with Crippen molar-refractivity contribution >= 4 is 11.9 Å². The fourth-order valence-electron chi connectivity index (χ4n) is 3.98. The molecule has 0 N–H and O–H groups in total. The molecule has 110 valence electrons. The summed E-state index contributed by atoms with van der Waals surface area (Å²) in [5, 5.41) is 0. The Kier molecular flexibility index (Phi) is 3.12. The average Bonchev–Trinajstić information content (AvgIpc) is 2.70. The number of fused-ring (bicyclic) bond motifs is 4. The number of ether oxygens (including phenoxy) is 2. The van der Waals surface area contributed by atoms with Gasteiger partial charge in [0.25, 0.3) is 0 Å². The molecule has 0 aliphatic heterocycles. The number of hydrogen-bond donors (Lipinski definition) is 0. The molecule has 21 heavy (non-hydrogen) atoms. The van der Waals surface area contributed by atoms with E-state index in [-0.39, 0.29) is 11.8 Å². The van der Waals surface area contributed by atoms with Crippen LogP contribution in [-0.2, 0) is 25.5 Å². The Bertz CT molecular complexity index is 615. The second-order valence-corrected chi connectivity index (χ2v) is 5.77. The van der Waals surface area contributed by atoms with Crippen molar-refractivity contribution in [3.8, 4) is 0 Å². The Labute approximate surface area is 123 Å². The number of carbonyl (C=O) groups is 2. The van der Waals surface area contributed by atoms with Gasteiger partial charge in [0.05, 0.1) is 14.2 Å². The Morgan fingerprint density at radius 2 is 1.81 bits per heavy atom. The van der Waals surface area contributed by atoms with Crippen LogP contribution in [0.15, 0.2) is 36.4 Å². The lowest BCUT2D eigenvalue weighted by Crippen LogP contribution is -2.43. The fourth-order valence-corrected chi connectivity index (χ4v) is 3.98. The highest BCUT2D eigenvalue weighted by molar-refractivity contribution is 6.03. The van der Waals surface area contributed by atoms with E-state index in [1.54, 1.807) is 0 Å². The molecule has 2 atom stereocenters. The Balaban J connectivity index is 2.22. The third-order valence-electron chi connectivity index (χ3n) is 4.89. The maximum atomic E-state index is 12.5. The van der Waals surface area contributed by atoms with Crippen LogP contribution in [0.5, 0.6) is 0 Å². The van der Waals surface area contributed by atoms with Crippen LogP contribution >= 0.6 is 0 Å². The van der Waals surface area contributed by atoms with E-state index in [4.69, 9.17) is 9.47 Å². The first-order valence-electron chi connectivity index (χ1n) is 6.99. The molecule has 0 heterocycles. The minimum Gasteiger partial charge on any atom is -0.468 e. The smallest absolute Gasteiger partial charge is 0.324 e. The maximum Gasteiger partial charge on any atom is 0.324 e. The van der Waals surface area contributed by atoms with Gasteiger partial charge in [-0.1, -0.05) is 36.4 Å². The molecule has 0 spiro atoms. The van der Waals surface area contributed by atoms with E-state index in [1.165, 1.54) is 19.8 Å². The predicted octanol–water partition coefficient (Wildman–Crippen LogP) is 2.23. The van der Waals surface area contributed by atoms with E-state index >= 15 is 0 Å². The van der Waals surface area contributed by atoms with Gasteiger partial charge in [0.2, 0.25) is 0 Å². The summed E-state index contributed by atoms with van der Waals surface area (Å²) >= 11 is 0. The largest absolute Gasteiger partial charge is 0.468 e. The number of benzene rings is 1. The minimum atomic E-state index is -1.29. The Hall–Kier alpha value is -2.10. The molecule has 2 aliphatic rings. The fraction of sp³-hybridized carbons (Fsp3) is 0.412. The average molecular weight is 286 g/mol. The summed E-state index contributed by atoms with van der Waals surface area (Å²) in [5.74, 6) is -1.30. The molecule has 0 saturated heterocycles. The number of hydrogen-bond acceptors (Lipinski definition) is 4. The second-order valence-electron chi connectivity index (χ2n) is 5.77. The maximum absolute atomic E-state index is 12.5. The molecule has 1 aromatic rings. The molecule has 0 amide bonds. The number of rotatable bonds is 2. The first kappa shape index (κ1) is 13.9. The number of allylic oxidation sites excluding steroid dienone is 1. The van der Waals surface area contributed by atoms with Gasteiger partial charge in [-0.2, -0.15) is 0 Å². The van der Waals surface area contributed by atoms with Crippen molar-refractivity contribution in [1.29, 1.82) is 0 Å². The number of esters is 2. The van der Waals surface area contributed by atoms with Crippen LogP contribution in [-0.4, -0.2) is 26.2 Å². The summed E-state index contributed by atoms with van der Waals surface area (Å²) < 4.78 is 9.90. The first-order chi connectivity index (χ1) is 10.1. The quantitative estimate of drug-likeness (QED) is 0.475. The number of methoxy groups -OCH3 is 2. The molecule has 0 radical (unpaired) electrons. The van der Waals surface area contributed by atoms with Crippen molar-refractivity contribution in [3.05, 3.63) is 47.5 Å². The molecule has 2 aliphatic carbocycles. The number of carbonyl (C=O) groups excluding carboxylic acids is 2. The molecule has 3 rings (SSSR count). The molecular formula is C17H18O4. The van der Waals surface area contributed by atoms with Crippen molar-refractivity contribution in [3.63, 3.8) is 0 Å². The summed E-state index contributed by atoms with van der Waals surface area (Å²) in [4.78, 5) is 24.9. The molecule has 4 nitrogen and oxygen atoms in total. The van der Waals surface area contributed by atoms with Crippen LogP contribution in [0.1, 0.15) is 23.5 Å². The third kappa shape index (κ3) is 1.68. The van der Waals surface area contributed by atoms with Gasteiger partial charge in [-0.15, -0.1) is 0 Å². The van der Waals surface area contributed by atoms with Gasteiger partial charge >= 0.3 is 11.9 Å². The molecule has 0 unspecified atom stereocenters. The first-order valence-corrected chi connectivity index (χ1v) is 6.99. The monoisotopic (exact) mass is 286 g/mol. The summed E-state index contributed by atoms with van der Waals surface area (Å²) in [5.41, 5.74) is 1.81. The van der Waals surface area contributed by atoms with Crippen molar-refractivity contribution in [2.75, 3.05) is 14.2 Å². The van der Waals surface area contributed by atoms with Gasteiger partial charge in [-0.05, 0) is 29.9 Å². The van der Waals surface area contributed by atoms with Gasteiger partial charge < -0.3 is 9.47 Å². The zero-order valence-electron chi connectivity index (χ0n) is 12.2. The summed E-state index contributed by atoms with van der Waals surface area (Å²) in [6, 6.07) is 7.91. The summed E-state index contributed by atoms with van der Waals surface area (Å²) in [6.07, 6.45) is 1.21.